The van der Waals surface area contributed by atoms with Gasteiger partial charge in [-0.3, -0.25) is 4.79 Å². The van der Waals surface area contributed by atoms with E-state index in [0.29, 0.717) is 13.2 Å². The zero-order chi connectivity index (χ0) is 12.8. The van der Waals surface area contributed by atoms with Gasteiger partial charge in [-0.1, -0.05) is 24.3 Å². The van der Waals surface area contributed by atoms with Crippen molar-refractivity contribution in [3.8, 4) is 5.75 Å². The first-order valence-electron chi connectivity index (χ1n) is 6.12. The molecule has 2 aromatic rings. The average molecular weight is 243 g/mol. The molecule has 0 N–H and O–H groups in total. The van der Waals surface area contributed by atoms with Crippen LogP contribution in [0.2, 0.25) is 0 Å². The van der Waals surface area contributed by atoms with Crippen molar-refractivity contribution in [3.05, 3.63) is 64.6 Å². The summed E-state index contributed by atoms with van der Waals surface area (Å²) in [5.74, 6) is 0.870. The van der Waals surface area contributed by atoms with Crippen LogP contribution in [-0.4, -0.2) is 11.2 Å². The molecular formula is C15H17NO2. The van der Waals surface area contributed by atoms with Crippen molar-refractivity contribution in [1.82, 2.24) is 4.57 Å². The van der Waals surface area contributed by atoms with Crippen LogP contribution in [0, 0.1) is 6.92 Å². The standard InChI is InChI=1S/C15H17NO2/c1-13-7-5-10-15(17)16(13)11-6-12-18-14-8-3-2-4-9-14/h2-5,7-10H,6,11-12H2,1H3. The summed E-state index contributed by atoms with van der Waals surface area (Å²) in [7, 11) is 0. The van der Waals surface area contributed by atoms with Crippen LogP contribution in [0.1, 0.15) is 12.1 Å². The number of pyridine rings is 1. The number of rotatable bonds is 5. The molecule has 1 aromatic heterocycles. The minimum Gasteiger partial charge on any atom is -0.494 e. The van der Waals surface area contributed by atoms with Gasteiger partial charge in [-0.25, -0.2) is 0 Å². The highest BCUT2D eigenvalue weighted by molar-refractivity contribution is 5.20. The van der Waals surface area contributed by atoms with Crippen molar-refractivity contribution in [3.63, 3.8) is 0 Å². The number of nitrogens with zero attached hydrogens (tertiary/aromatic N) is 1. The molecule has 0 saturated carbocycles. The summed E-state index contributed by atoms with van der Waals surface area (Å²) in [4.78, 5) is 11.6. The van der Waals surface area contributed by atoms with Crippen molar-refractivity contribution in [2.45, 2.75) is 19.9 Å². The Kier molecular flexibility index (Phi) is 4.18. The predicted molar refractivity (Wildman–Crippen MR) is 72.0 cm³/mol. The molecule has 0 bridgehead atoms. The molecule has 3 heteroatoms. The van der Waals surface area contributed by atoms with Gasteiger partial charge in [0, 0.05) is 18.3 Å². The first kappa shape index (κ1) is 12.4. The lowest BCUT2D eigenvalue weighted by Gasteiger charge is -2.10. The first-order valence-corrected chi connectivity index (χ1v) is 6.12. The van der Waals surface area contributed by atoms with Crippen molar-refractivity contribution in [2.75, 3.05) is 6.61 Å². The van der Waals surface area contributed by atoms with E-state index in [9.17, 15) is 4.79 Å². The fourth-order valence-corrected chi connectivity index (χ4v) is 1.84. The maximum absolute atomic E-state index is 11.6. The third kappa shape index (κ3) is 3.23. The molecule has 1 aromatic carbocycles. The van der Waals surface area contributed by atoms with E-state index in [1.54, 1.807) is 16.7 Å². The maximum atomic E-state index is 11.6. The molecule has 2 rings (SSSR count). The molecule has 0 aliphatic carbocycles. The normalized spacial score (nSPS) is 10.3. The van der Waals surface area contributed by atoms with E-state index in [-0.39, 0.29) is 5.56 Å². The topological polar surface area (TPSA) is 31.2 Å². The molecule has 0 unspecified atom stereocenters. The van der Waals surface area contributed by atoms with Crippen molar-refractivity contribution in [1.29, 1.82) is 0 Å². The van der Waals surface area contributed by atoms with Gasteiger partial charge in [0.2, 0.25) is 0 Å². The summed E-state index contributed by atoms with van der Waals surface area (Å²) in [5, 5.41) is 0. The Morgan fingerprint density at radius 1 is 1.06 bits per heavy atom. The second-order valence-electron chi connectivity index (χ2n) is 4.17. The molecule has 0 fully saturated rings. The lowest BCUT2D eigenvalue weighted by Crippen LogP contribution is -2.21. The third-order valence-electron chi connectivity index (χ3n) is 2.81. The van der Waals surface area contributed by atoms with Gasteiger partial charge in [0.15, 0.2) is 0 Å². The van der Waals surface area contributed by atoms with Crippen LogP contribution in [-0.2, 0) is 6.54 Å². The first-order chi connectivity index (χ1) is 8.77. The Hall–Kier alpha value is -2.03. The lowest BCUT2D eigenvalue weighted by atomic mass is 10.3. The third-order valence-corrected chi connectivity index (χ3v) is 2.81. The second-order valence-corrected chi connectivity index (χ2v) is 4.17. The number of aryl methyl sites for hydroxylation is 1. The quantitative estimate of drug-likeness (QED) is 0.756. The van der Waals surface area contributed by atoms with Crippen LogP contribution in [0.15, 0.2) is 53.3 Å². The second kappa shape index (κ2) is 6.05. The van der Waals surface area contributed by atoms with Crippen LogP contribution in [0.5, 0.6) is 5.75 Å². The van der Waals surface area contributed by atoms with Crippen molar-refractivity contribution >= 4 is 0 Å². The van der Waals surface area contributed by atoms with Crippen LogP contribution in [0.4, 0.5) is 0 Å². The van der Waals surface area contributed by atoms with E-state index in [4.69, 9.17) is 4.74 Å². The summed E-state index contributed by atoms with van der Waals surface area (Å²) in [6.07, 6.45) is 0.819. The van der Waals surface area contributed by atoms with Gasteiger partial charge in [-0.05, 0) is 31.5 Å². The van der Waals surface area contributed by atoms with E-state index in [0.717, 1.165) is 17.9 Å². The Bertz CT molecular complexity index is 546. The van der Waals surface area contributed by atoms with Gasteiger partial charge in [0.25, 0.3) is 5.56 Å². The highest BCUT2D eigenvalue weighted by Gasteiger charge is 1.99. The maximum Gasteiger partial charge on any atom is 0.250 e. The predicted octanol–water partition coefficient (Wildman–Crippen LogP) is 2.63. The Morgan fingerprint density at radius 2 is 1.83 bits per heavy atom. The Labute approximate surface area is 107 Å². The summed E-state index contributed by atoms with van der Waals surface area (Å²) in [6.45, 7) is 3.25. The minimum atomic E-state index is 0.0507. The Balaban J connectivity index is 1.84. The fourth-order valence-electron chi connectivity index (χ4n) is 1.84. The number of ether oxygens (including phenoxy) is 1. The molecule has 3 nitrogen and oxygen atoms in total. The summed E-state index contributed by atoms with van der Waals surface area (Å²) >= 11 is 0. The van der Waals surface area contributed by atoms with Crippen LogP contribution >= 0.6 is 0 Å². The molecule has 94 valence electrons. The van der Waals surface area contributed by atoms with Gasteiger partial charge in [-0.15, -0.1) is 0 Å². The number of benzene rings is 1. The fraction of sp³-hybridized carbons (Fsp3) is 0.267. The summed E-state index contributed by atoms with van der Waals surface area (Å²) in [5.41, 5.74) is 1.04. The van der Waals surface area contributed by atoms with Gasteiger partial charge < -0.3 is 9.30 Å². The zero-order valence-electron chi connectivity index (χ0n) is 10.5. The van der Waals surface area contributed by atoms with E-state index in [1.165, 1.54) is 0 Å². The molecule has 0 aliphatic heterocycles. The van der Waals surface area contributed by atoms with E-state index < -0.39 is 0 Å². The van der Waals surface area contributed by atoms with Crippen LogP contribution < -0.4 is 10.3 Å². The van der Waals surface area contributed by atoms with Crippen LogP contribution in [0.3, 0.4) is 0 Å². The molecule has 0 saturated heterocycles. The number of aromatic nitrogens is 1. The number of para-hydroxylation sites is 1. The van der Waals surface area contributed by atoms with Gasteiger partial charge >= 0.3 is 0 Å². The summed E-state index contributed by atoms with van der Waals surface area (Å²) in [6, 6.07) is 15.0. The zero-order valence-corrected chi connectivity index (χ0v) is 10.5. The average Bonchev–Trinajstić information content (AvgIpc) is 2.38. The molecule has 1 heterocycles. The van der Waals surface area contributed by atoms with Gasteiger partial charge in [0.05, 0.1) is 6.61 Å². The Morgan fingerprint density at radius 3 is 2.56 bits per heavy atom. The van der Waals surface area contributed by atoms with E-state index >= 15 is 0 Å². The minimum absolute atomic E-state index is 0.0507. The van der Waals surface area contributed by atoms with Crippen molar-refractivity contribution < 1.29 is 4.74 Å². The SMILES string of the molecule is Cc1cccc(=O)n1CCCOc1ccccc1. The molecule has 0 atom stereocenters. The van der Waals surface area contributed by atoms with E-state index in [2.05, 4.69) is 0 Å². The highest BCUT2D eigenvalue weighted by Crippen LogP contribution is 2.08. The molecule has 0 aliphatic rings. The van der Waals surface area contributed by atoms with Gasteiger partial charge in [-0.2, -0.15) is 0 Å². The molecule has 0 radical (unpaired) electrons. The number of hydrogen-bond donors (Lipinski definition) is 0. The summed E-state index contributed by atoms with van der Waals surface area (Å²) < 4.78 is 7.36. The van der Waals surface area contributed by atoms with Gasteiger partial charge in [0.1, 0.15) is 5.75 Å². The van der Waals surface area contributed by atoms with Crippen molar-refractivity contribution in [2.24, 2.45) is 0 Å². The van der Waals surface area contributed by atoms with Crippen LogP contribution in [0.25, 0.3) is 0 Å². The number of hydrogen-bond acceptors (Lipinski definition) is 2. The largest absolute Gasteiger partial charge is 0.494 e. The molecule has 0 spiro atoms. The molecular weight excluding hydrogens is 226 g/mol. The monoisotopic (exact) mass is 243 g/mol. The lowest BCUT2D eigenvalue weighted by molar-refractivity contribution is 0.300. The highest BCUT2D eigenvalue weighted by atomic mass is 16.5. The van der Waals surface area contributed by atoms with E-state index in [1.807, 2.05) is 43.3 Å². The molecule has 0 amide bonds. The smallest absolute Gasteiger partial charge is 0.250 e. The molecule has 18 heavy (non-hydrogen) atoms.